The number of fused-ring (bicyclic) bond motifs is 8. The molecule has 0 radical (unpaired) electrons. The van der Waals surface area contributed by atoms with E-state index >= 15 is 0 Å². The number of hydrogen-bond donors (Lipinski definition) is 2. The second-order valence-corrected chi connectivity index (χ2v) is 9.21. The molecule has 2 aliphatic heterocycles. The fraction of sp³-hybridized carbons (Fsp3) is 0.409. The molecular formula is C22H20BrNO4. The largest absolute Gasteiger partial charge is 0.478 e. The van der Waals surface area contributed by atoms with Gasteiger partial charge >= 0.3 is 5.97 Å². The fourth-order valence-corrected chi connectivity index (χ4v) is 6.74. The van der Waals surface area contributed by atoms with Gasteiger partial charge in [0.1, 0.15) is 0 Å². The number of benzene rings is 2. The van der Waals surface area contributed by atoms with E-state index in [0.717, 1.165) is 27.2 Å². The van der Waals surface area contributed by atoms with E-state index in [4.69, 9.17) is 9.47 Å². The molecule has 28 heavy (non-hydrogen) atoms. The van der Waals surface area contributed by atoms with Crippen LogP contribution in [0.2, 0.25) is 0 Å². The van der Waals surface area contributed by atoms with Crippen molar-refractivity contribution >= 4 is 27.6 Å². The van der Waals surface area contributed by atoms with Crippen LogP contribution in [0.1, 0.15) is 52.7 Å². The zero-order valence-electron chi connectivity index (χ0n) is 15.2. The molecule has 5 nitrogen and oxygen atoms in total. The van der Waals surface area contributed by atoms with Gasteiger partial charge in [-0.15, -0.1) is 0 Å². The molecule has 2 aromatic carbocycles. The minimum atomic E-state index is -0.880. The van der Waals surface area contributed by atoms with Gasteiger partial charge in [0.05, 0.1) is 17.3 Å². The maximum absolute atomic E-state index is 11.9. The number of hydrogen-bond acceptors (Lipinski definition) is 4. The molecule has 0 aromatic heterocycles. The van der Waals surface area contributed by atoms with Crippen LogP contribution in [0.15, 0.2) is 34.8 Å². The van der Waals surface area contributed by atoms with E-state index in [1.807, 2.05) is 12.1 Å². The fourth-order valence-electron chi connectivity index (χ4n) is 6.17. The zero-order valence-corrected chi connectivity index (χ0v) is 16.7. The predicted octanol–water partition coefficient (Wildman–Crippen LogP) is 5.17. The predicted molar refractivity (Wildman–Crippen MR) is 107 cm³/mol. The molecular weight excluding hydrogens is 422 g/mol. The van der Waals surface area contributed by atoms with Gasteiger partial charge in [0, 0.05) is 4.47 Å². The highest BCUT2D eigenvalue weighted by Gasteiger charge is 2.54. The standard InChI is InChI=1S/C22H20BrNO4/c23-15-8-17-16(27-9-28-17)7-14(15)21-19-11-5-4-10(6-11)18(19)12-2-1-3-13(22(25)26)20(12)24-21/h1-3,7-8,10-11,18-19,21,24H,4-6,9H2,(H,25,26)/t10-,11-,18-,19-,21+/m0/s1. The molecule has 2 heterocycles. The number of carboxylic acids is 1. The number of halogens is 1. The van der Waals surface area contributed by atoms with Crippen LogP contribution in [-0.4, -0.2) is 17.9 Å². The topological polar surface area (TPSA) is 67.8 Å². The Morgan fingerprint density at radius 2 is 1.89 bits per heavy atom. The van der Waals surface area contributed by atoms with Crippen molar-refractivity contribution in [2.24, 2.45) is 17.8 Å². The summed E-state index contributed by atoms with van der Waals surface area (Å²) in [5.41, 5.74) is 3.46. The summed E-state index contributed by atoms with van der Waals surface area (Å²) in [5.74, 6) is 2.83. The number of carboxylic acid groups (broad SMARTS) is 1. The number of nitrogens with one attached hydrogen (secondary N) is 1. The Bertz CT molecular complexity index is 1010. The van der Waals surface area contributed by atoms with Gasteiger partial charge in [-0.25, -0.2) is 4.79 Å². The lowest BCUT2D eigenvalue weighted by molar-refractivity contribution is 0.0697. The first kappa shape index (κ1) is 16.7. The molecule has 6 heteroatoms. The first-order valence-electron chi connectivity index (χ1n) is 9.83. The van der Waals surface area contributed by atoms with Crippen LogP contribution >= 0.6 is 15.9 Å². The molecule has 2 aromatic rings. The van der Waals surface area contributed by atoms with E-state index in [2.05, 4.69) is 33.4 Å². The summed E-state index contributed by atoms with van der Waals surface area (Å²) < 4.78 is 12.1. The van der Waals surface area contributed by atoms with Gasteiger partial charge in [-0.05, 0) is 72.3 Å². The monoisotopic (exact) mass is 441 g/mol. The van der Waals surface area contributed by atoms with E-state index in [9.17, 15) is 9.90 Å². The van der Waals surface area contributed by atoms with E-state index in [0.29, 0.717) is 29.2 Å². The molecule has 2 aliphatic carbocycles. The Kier molecular flexibility index (Phi) is 3.52. The lowest BCUT2D eigenvalue weighted by atomic mass is 9.67. The normalized spacial score (nSPS) is 31.2. The number of anilines is 1. The van der Waals surface area contributed by atoms with E-state index in [1.165, 1.54) is 24.8 Å². The molecule has 5 atom stereocenters. The summed E-state index contributed by atoms with van der Waals surface area (Å²) in [4.78, 5) is 11.9. The first-order valence-corrected chi connectivity index (χ1v) is 10.6. The quantitative estimate of drug-likeness (QED) is 0.672. The number of ether oxygens (including phenoxy) is 2. The molecule has 2 N–H and O–H groups in total. The van der Waals surface area contributed by atoms with Crippen LogP contribution in [0.25, 0.3) is 0 Å². The van der Waals surface area contributed by atoms with Gasteiger partial charge in [0.2, 0.25) is 6.79 Å². The van der Waals surface area contributed by atoms with Crippen molar-refractivity contribution in [2.45, 2.75) is 31.2 Å². The molecule has 6 rings (SSSR count). The van der Waals surface area contributed by atoms with Crippen molar-refractivity contribution in [2.75, 3.05) is 12.1 Å². The van der Waals surface area contributed by atoms with E-state index in [-0.39, 0.29) is 12.8 Å². The molecule has 2 saturated carbocycles. The summed E-state index contributed by atoms with van der Waals surface area (Å²) in [6.45, 7) is 0.242. The molecule has 2 fully saturated rings. The van der Waals surface area contributed by atoms with Gasteiger partial charge < -0.3 is 19.9 Å². The molecule has 0 unspecified atom stereocenters. The highest BCUT2D eigenvalue weighted by atomic mass is 79.9. The lowest BCUT2D eigenvalue weighted by Crippen LogP contribution is -2.36. The third-order valence-electron chi connectivity index (χ3n) is 7.18. The first-order chi connectivity index (χ1) is 13.6. The van der Waals surface area contributed by atoms with Gasteiger partial charge in [-0.1, -0.05) is 28.1 Å². The summed E-state index contributed by atoms with van der Waals surface area (Å²) in [7, 11) is 0. The molecule has 0 amide bonds. The Labute approximate surface area is 171 Å². The highest BCUT2D eigenvalue weighted by molar-refractivity contribution is 9.10. The summed E-state index contributed by atoms with van der Waals surface area (Å²) in [6, 6.07) is 9.80. The smallest absolute Gasteiger partial charge is 0.337 e. The highest BCUT2D eigenvalue weighted by Crippen LogP contribution is 2.64. The second-order valence-electron chi connectivity index (χ2n) is 8.36. The second kappa shape index (κ2) is 5.89. The number of aromatic carboxylic acids is 1. The molecule has 0 saturated heterocycles. The van der Waals surface area contributed by atoms with Crippen molar-refractivity contribution < 1.29 is 19.4 Å². The number of rotatable bonds is 2. The van der Waals surface area contributed by atoms with Crippen LogP contribution in [0.5, 0.6) is 11.5 Å². The summed E-state index contributed by atoms with van der Waals surface area (Å²) >= 11 is 3.73. The van der Waals surface area contributed by atoms with Crippen molar-refractivity contribution in [1.82, 2.24) is 0 Å². The third-order valence-corrected chi connectivity index (χ3v) is 7.87. The van der Waals surface area contributed by atoms with Crippen LogP contribution in [0, 0.1) is 17.8 Å². The Hall–Kier alpha value is -2.21. The van der Waals surface area contributed by atoms with Crippen molar-refractivity contribution in [3.63, 3.8) is 0 Å². The molecule has 0 spiro atoms. The Balaban J connectivity index is 1.53. The SMILES string of the molecule is O=C(O)c1cccc2c1N[C@H](c1cc3c(cc1Br)OCO3)[C@H]1[C@H]3CC[C@@H](C3)[C@@H]21. The van der Waals surface area contributed by atoms with Crippen molar-refractivity contribution in [1.29, 1.82) is 0 Å². The third kappa shape index (κ3) is 2.21. The summed E-state index contributed by atoms with van der Waals surface area (Å²) in [5, 5.41) is 13.4. The molecule has 144 valence electrons. The van der Waals surface area contributed by atoms with Crippen LogP contribution < -0.4 is 14.8 Å². The van der Waals surface area contributed by atoms with Crippen LogP contribution in [-0.2, 0) is 0 Å². The minimum absolute atomic E-state index is 0.0529. The maximum atomic E-state index is 11.9. The summed E-state index contributed by atoms with van der Waals surface area (Å²) in [6.07, 6.45) is 3.75. The van der Waals surface area contributed by atoms with Crippen molar-refractivity contribution in [3.05, 3.63) is 51.5 Å². The average Bonchev–Trinajstić information content (AvgIpc) is 3.42. The zero-order chi connectivity index (χ0) is 19.0. The van der Waals surface area contributed by atoms with Gasteiger partial charge in [0.15, 0.2) is 11.5 Å². The Morgan fingerprint density at radius 3 is 2.71 bits per heavy atom. The molecule has 2 bridgehead atoms. The van der Waals surface area contributed by atoms with Gasteiger partial charge in [-0.2, -0.15) is 0 Å². The average molecular weight is 442 g/mol. The molecule has 4 aliphatic rings. The van der Waals surface area contributed by atoms with Crippen LogP contribution in [0.4, 0.5) is 5.69 Å². The van der Waals surface area contributed by atoms with E-state index < -0.39 is 5.97 Å². The number of carbonyl (C=O) groups is 1. The van der Waals surface area contributed by atoms with Gasteiger partial charge in [-0.3, -0.25) is 0 Å². The van der Waals surface area contributed by atoms with Crippen molar-refractivity contribution in [3.8, 4) is 11.5 Å². The Morgan fingerprint density at radius 1 is 1.11 bits per heavy atom. The number of para-hydroxylation sites is 1. The lowest BCUT2D eigenvalue weighted by Gasteiger charge is -2.44. The maximum Gasteiger partial charge on any atom is 0.337 e. The minimum Gasteiger partial charge on any atom is -0.478 e. The van der Waals surface area contributed by atoms with Gasteiger partial charge in [0.25, 0.3) is 0 Å². The van der Waals surface area contributed by atoms with E-state index in [1.54, 1.807) is 6.07 Å². The van der Waals surface area contributed by atoms with Crippen LogP contribution in [0.3, 0.4) is 0 Å².